The Hall–Kier alpha value is -3.17. The van der Waals surface area contributed by atoms with Crippen molar-refractivity contribution in [3.8, 4) is 5.75 Å². The van der Waals surface area contributed by atoms with Crippen LogP contribution in [-0.4, -0.2) is 43.7 Å². The molecule has 0 aliphatic rings. The lowest BCUT2D eigenvalue weighted by molar-refractivity contribution is -0.125. The molecule has 0 bridgehead atoms. The van der Waals surface area contributed by atoms with Crippen molar-refractivity contribution in [2.24, 2.45) is 0 Å². The zero-order valence-corrected chi connectivity index (χ0v) is 15.7. The third-order valence-electron chi connectivity index (χ3n) is 3.39. The van der Waals surface area contributed by atoms with Crippen LogP contribution < -0.4 is 15.4 Å². The van der Waals surface area contributed by atoms with Crippen LogP contribution in [0.3, 0.4) is 0 Å². The van der Waals surface area contributed by atoms with Gasteiger partial charge in [0.1, 0.15) is 11.4 Å². The Bertz CT molecular complexity index is 927. The molecule has 0 aromatic heterocycles. The van der Waals surface area contributed by atoms with E-state index in [0.717, 1.165) is 0 Å². The predicted molar refractivity (Wildman–Crippen MR) is 104 cm³/mol. The first-order chi connectivity index (χ1) is 13.3. The van der Waals surface area contributed by atoms with Gasteiger partial charge >= 0.3 is 0 Å². The van der Waals surface area contributed by atoms with Gasteiger partial charge in [0.05, 0.1) is 5.75 Å². The van der Waals surface area contributed by atoms with Crippen molar-refractivity contribution in [1.82, 2.24) is 10.6 Å². The maximum absolute atomic E-state index is 12.3. The van der Waals surface area contributed by atoms with Crippen molar-refractivity contribution in [2.45, 2.75) is 0 Å². The molecule has 0 radical (unpaired) electrons. The highest BCUT2D eigenvalue weighted by molar-refractivity contribution is 7.85. The fourth-order valence-corrected chi connectivity index (χ4v) is 2.47. The van der Waals surface area contributed by atoms with Crippen LogP contribution in [0.4, 0.5) is 0 Å². The summed E-state index contributed by atoms with van der Waals surface area (Å²) in [6.45, 7) is -0.616. The van der Waals surface area contributed by atoms with E-state index < -0.39 is 27.7 Å². The van der Waals surface area contributed by atoms with Crippen LogP contribution in [0, 0.1) is 0 Å². The average molecular weight is 404 g/mol. The molecule has 9 heteroatoms. The molecule has 0 heterocycles. The number of benzene rings is 2. The molecule has 8 nitrogen and oxygen atoms in total. The first kappa shape index (κ1) is 21.1. The van der Waals surface area contributed by atoms with Gasteiger partial charge in [-0.1, -0.05) is 48.5 Å². The maximum Gasteiger partial charge on any atom is 0.267 e. The SMILES string of the molecule is O=C(COc1ccccc1)N/C(=C/c1ccccc1)C(=O)NCCS(=O)(=O)O. The van der Waals surface area contributed by atoms with Crippen molar-refractivity contribution >= 4 is 28.0 Å². The number of rotatable bonds is 9. The first-order valence-electron chi connectivity index (χ1n) is 8.31. The summed E-state index contributed by atoms with van der Waals surface area (Å²) in [6.07, 6.45) is 1.45. The van der Waals surface area contributed by atoms with Crippen LogP contribution in [0.2, 0.25) is 0 Å². The van der Waals surface area contributed by atoms with Crippen molar-refractivity contribution in [3.05, 3.63) is 71.9 Å². The number of para-hydroxylation sites is 1. The van der Waals surface area contributed by atoms with Gasteiger partial charge in [-0.3, -0.25) is 14.1 Å². The summed E-state index contributed by atoms with van der Waals surface area (Å²) < 4.78 is 35.6. The standard InChI is InChI=1S/C19H20N2O6S/c22-18(14-27-16-9-5-2-6-10-16)21-17(13-15-7-3-1-4-8-15)19(23)20-11-12-28(24,25)26/h1-10,13H,11-12,14H2,(H,20,23)(H,21,22)(H,24,25,26)/b17-13+. The summed E-state index contributed by atoms with van der Waals surface area (Å²) in [5, 5.41) is 4.79. The van der Waals surface area contributed by atoms with Gasteiger partial charge in [0, 0.05) is 6.54 Å². The molecule has 0 saturated heterocycles. The van der Waals surface area contributed by atoms with Gasteiger partial charge < -0.3 is 15.4 Å². The summed E-state index contributed by atoms with van der Waals surface area (Å²) in [5.74, 6) is -1.39. The molecule has 0 aliphatic heterocycles. The summed E-state index contributed by atoms with van der Waals surface area (Å²) in [4.78, 5) is 24.5. The summed E-state index contributed by atoms with van der Waals surface area (Å²) in [6, 6.07) is 17.5. The highest BCUT2D eigenvalue weighted by Gasteiger charge is 2.15. The van der Waals surface area contributed by atoms with Gasteiger partial charge in [0.25, 0.3) is 21.9 Å². The molecule has 148 valence electrons. The van der Waals surface area contributed by atoms with Crippen LogP contribution >= 0.6 is 0 Å². The molecule has 0 saturated carbocycles. The number of carbonyl (C=O) groups is 2. The van der Waals surface area contributed by atoms with Crippen molar-refractivity contribution in [2.75, 3.05) is 18.9 Å². The Morgan fingerprint density at radius 3 is 2.21 bits per heavy atom. The number of carbonyl (C=O) groups excluding carboxylic acids is 2. The molecule has 28 heavy (non-hydrogen) atoms. The molecule has 2 aromatic rings. The van der Waals surface area contributed by atoms with Crippen molar-refractivity contribution in [1.29, 1.82) is 0 Å². The molecule has 0 spiro atoms. The fourth-order valence-electron chi connectivity index (χ4n) is 2.11. The first-order valence-corrected chi connectivity index (χ1v) is 9.92. The number of hydrogen-bond donors (Lipinski definition) is 3. The number of amides is 2. The second-order valence-electron chi connectivity index (χ2n) is 5.66. The topological polar surface area (TPSA) is 122 Å². The van der Waals surface area contributed by atoms with Gasteiger partial charge in [-0.25, -0.2) is 0 Å². The smallest absolute Gasteiger partial charge is 0.267 e. The third kappa shape index (κ3) is 8.02. The fraction of sp³-hybridized carbons (Fsp3) is 0.158. The maximum atomic E-state index is 12.3. The van der Waals surface area contributed by atoms with Gasteiger partial charge in [-0.15, -0.1) is 0 Å². The van der Waals surface area contributed by atoms with Crippen LogP contribution in [-0.2, 0) is 19.7 Å². The van der Waals surface area contributed by atoms with E-state index in [-0.39, 0.29) is 18.8 Å². The molecular weight excluding hydrogens is 384 g/mol. The van der Waals surface area contributed by atoms with Gasteiger partial charge in [0.2, 0.25) is 0 Å². The number of ether oxygens (including phenoxy) is 1. The van der Waals surface area contributed by atoms with E-state index in [0.29, 0.717) is 11.3 Å². The lowest BCUT2D eigenvalue weighted by Gasteiger charge is -2.11. The summed E-state index contributed by atoms with van der Waals surface area (Å²) in [7, 11) is -4.21. The van der Waals surface area contributed by atoms with Crippen LogP contribution in [0.5, 0.6) is 5.75 Å². The highest BCUT2D eigenvalue weighted by Crippen LogP contribution is 2.08. The van der Waals surface area contributed by atoms with Crippen LogP contribution in [0.25, 0.3) is 6.08 Å². The normalized spacial score (nSPS) is 11.5. The lowest BCUT2D eigenvalue weighted by atomic mass is 10.2. The third-order valence-corrected chi connectivity index (χ3v) is 4.11. The predicted octanol–water partition coefficient (Wildman–Crippen LogP) is 1.23. The van der Waals surface area contributed by atoms with Crippen molar-refractivity contribution < 1.29 is 27.3 Å². The Labute approximate surface area is 163 Å². The Balaban J connectivity index is 2.04. The van der Waals surface area contributed by atoms with E-state index >= 15 is 0 Å². The van der Waals surface area contributed by atoms with Gasteiger partial charge in [-0.05, 0) is 23.8 Å². The lowest BCUT2D eigenvalue weighted by Crippen LogP contribution is -2.38. The average Bonchev–Trinajstić information content (AvgIpc) is 2.66. The van der Waals surface area contributed by atoms with E-state index in [1.165, 1.54) is 6.08 Å². The number of nitrogens with one attached hydrogen (secondary N) is 2. The molecule has 2 rings (SSSR count). The Kier molecular flexibility index (Phi) is 7.73. The summed E-state index contributed by atoms with van der Waals surface area (Å²) >= 11 is 0. The zero-order valence-electron chi connectivity index (χ0n) is 14.9. The Morgan fingerprint density at radius 1 is 1.00 bits per heavy atom. The zero-order chi connectivity index (χ0) is 20.4. The molecule has 3 N–H and O–H groups in total. The quantitative estimate of drug-likeness (QED) is 0.427. The Morgan fingerprint density at radius 2 is 1.61 bits per heavy atom. The second kappa shape index (κ2) is 10.2. The molecular formula is C19H20N2O6S. The van der Waals surface area contributed by atoms with E-state index in [1.807, 2.05) is 6.07 Å². The molecule has 0 unspecified atom stereocenters. The van der Waals surface area contributed by atoms with E-state index in [9.17, 15) is 18.0 Å². The van der Waals surface area contributed by atoms with Crippen LogP contribution in [0.15, 0.2) is 66.4 Å². The van der Waals surface area contributed by atoms with E-state index in [4.69, 9.17) is 9.29 Å². The van der Waals surface area contributed by atoms with Gasteiger partial charge in [0.15, 0.2) is 6.61 Å². The molecule has 2 amide bonds. The minimum absolute atomic E-state index is 0.0804. The molecule has 0 aliphatic carbocycles. The van der Waals surface area contributed by atoms with Crippen LogP contribution in [0.1, 0.15) is 5.56 Å². The van der Waals surface area contributed by atoms with Gasteiger partial charge in [-0.2, -0.15) is 8.42 Å². The minimum atomic E-state index is -4.21. The molecule has 2 aromatic carbocycles. The van der Waals surface area contributed by atoms with E-state index in [2.05, 4.69) is 10.6 Å². The molecule has 0 fully saturated rings. The highest BCUT2D eigenvalue weighted by atomic mass is 32.2. The summed E-state index contributed by atoms with van der Waals surface area (Å²) in [5.41, 5.74) is 0.579. The molecule has 0 atom stereocenters. The van der Waals surface area contributed by atoms with Crippen molar-refractivity contribution in [3.63, 3.8) is 0 Å². The largest absolute Gasteiger partial charge is 0.484 e. The van der Waals surface area contributed by atoms with E-state index in [1.54, 1.807) is 54.6 Å². The minimum Gasteiger partial charge on any atom is -0.484 e. The monoisotopic (exact) mass is 404 g/mol. The second-order valence-corrected chi connectivity index (χ2v) is 7.23. The number of hydrogen-bond acceptors (Lipinski definition) is 5.